The fourth-order valence-corrected chi connectivity index (χ4v) is 2.80. The van der Waals surface area contributed by atoms with E-state index in [-0.39, 0.29) is 23.4 Å². The Morgan fingerprint density at radius 3 is 1.36 bits per heavy atom. The predicted molar refractivity (Wildman–Crippen MR) is 64.6 cm³/mol. The van der Waals surface area contributed by atoms with Gasteiger partial charge in [0.25, 0.3) is 0 Å². The second kappa shape index (κ2) is 7.35. The number of carbonyl (C=O) groups excluding carboxylic acids is 2. The SMILES string of the molecule is CC(C)C(=O)CSSCC(=O)C(C)C. The van der Waals surface area contributed by atoms with Crippen LogP contribution in [0.5, 0.6) is 0 Å². The van der Waals surface area contributed by atoms with E-state index in [1.54, 1.807) is 0 Å². The van der Waals surface area contributed by atoms with Gasteiger partial charge in [0.1, 0.15) is 11.6 Å². The maximum Gasteiger partial charge on any atom is 0.146 e. The Morgan fingerprint density at radius 1 is 0.857 bits per heavy atom. The topological polar surface area (TPSA) is 34.1 Å². The fraction of sp³-hybridized carbons (Fsp3) is 0.800. The van der Waals surface area contributed by atoms with Crippen molar-refractivity contribution in [3.8, 4) is 0 Å². The number of carbonyl (C=O) groups is 2. The molecule has 0 rings (SSSR count). The summed E-state index contributed by atoms with van der Waals surface area (Å²) in [5.41, 5.74) is 0. The van der Waals surface area contributed by atoms with E-state index in [1.807, 2.05) is 27.7 Å². The number of hydrogen-bond donors (Lipinski definition) is 0. The van der Waals surface area contributed by atoms with Gasteiger partial charge in [-0.1, -0.05) is 49.3 Å². The van der Waals surface area contributed by atoms with Crippen LogP contribution in [0.15, 0.2) is 0 Å². The molecule has 0 saturated carbocycles. The molecule has 82 valence electrons. The minimum atomic E-state index is 0.101. The van der Waals surface area contributed by atoms with Gasteiger partial charge in [-0.3, -0.25) is 9.59 Å². The van der Waals surface area contributed by atoms with Crippen LogP contribution in [0.4, 0.5) is 0 Å². The molecular weight excluding hydrogens is 216 g/mol. The van der Waals surface area contributed by atoms with Crippen molar-refractivity contribution in [3.63, 3.8) is 0 Å². The number of ketones is 2. The lowest BCUT2D eigenvalue weighted by Crippen LogP contribution is -2.11. The third-order valence-corrected chi connectivity index (χ3v) is 3.95. The van der Waals surface area contributed by atoms with Gasteiger partial charge >= 0.3 is 0 Å². The minimum absolute atomic E-state index is 0.101. The van der Waals surface area contributed by atoms with Gasteiger partial charge in [-0.15, -0.1) is 0 Å². The maximum absolute atomic E-state index is 11.2. The van der Waals surface area contributed by atoms with E-state index in [1.165, 1.54) is 21.6 Å². The van der Waals surface area contributed by atoms with Gasteiger partial charge in [0, 0.05) is 11.8 Å². The van der Waals surface area contributed by atoms with Gasteiger partial charge < -0.3 is 0 Å². The second-order valence-corrected chi connectivity index (χ2v) is 6.23. The van der Waals surface area contributed by atoms with Crippen molar-refractivity contribution in [1.82, 2.24) is 0 Å². The molecule has 14 heavy (non-hydrogen) atoms. The summed E-state index contributed by atoms with van der Waals surface area (Å²) in [6.45, 7) is 7.58. The van der Waals surface area contributed by atoms with Gasteiger partial charge in [-0.25, -0.2) is 0 Å². The van der Waals surface area contributed by atoms with Crippen LogP contribution in [0.25, 0.3) is 0 Å². The zero-order valence-corrected chi connectivity index (χ0v) is 10.8. The lowest BCUT2D eigenvalue weighted by atomic mass is 10.1. The van der Waals surface area contributed by atoms with Gasteiger partial charge in [-0.05, 0) is 0 Å². The van der Waals surface area contributed by atoms with Crippen molar-refractivity contribution in [1.29, 1.82) is 0 Å². The summed E-state index contributed by atoms with van der Waals surface area (Å²) in [6, 6.07) is 0. The molecule has 0 saturated heterocycles. The molecule has 0 unspecified atom stereocenters. The molecule has 0 aliphatic heterocycles. The highest BCUT2D eigenvalue weighted by Gasteiger charge is 2.10. The molecule has 0 spiro atoms. The molecule has 0 aromatic heterocycles. The first-order chi connectivity index (χ1) is 6.45. The van der Waals surface area contributed by atoms with Gasteiger partial charge in [0.2, 0.25) is 0 Å². The summed E-state index contributed by atoms with van der Waals surface area (Å²) in [6.07, 6.45) is 0. The molecule has 0 aromatic rings. The van der Waals surface area contributed by atoms with Crippen LogP contribution in [0.2, 0.25) is 0 Å². The molecule has 0 radical (unpaired) electrons. The van der Waals surface area contributed by atoms with Crippen LogP contribution in [-0.2, 0) is 9.59 Å². The Morgan fingerprint density at radius 2 is 1.14 bits per heavy atom. The van der Waals surface area contributed by atoms with E-state index in [0.29, 0.717) is 11.5 Å². The lowest BCUT2D eigenvalue weighted by molar-refractivity contribution is -0.120. The molecular formula is C10H18O2S2. The van der Waals surface area contributed by atoms with Crippen molar-refractivity contribution in [2.24, 2.45) is 11.8 Å². The highest BCUT2D eigenvalue weighted by Crippen LogP contribution is 2.23. The largest absolute Gasteiger partial charge is 0.298 e. The number of rotatable bonds is 7. The molecule has 0 atom stereocenters. The average Bonchev–Trinajstić information content (AvgIpc) is 2.11. The third-order valence-electron chi connectivity index (χ3n) is 1.77. The van der Waals surface area contributed by atoms with Crippen LogP contribution in [-0.4, -0.2) is 23.1 Å². The van der Waals surface area contributed by atoms with E-state index >= 15 is 0 Å². The molecule has 0 aromatic carbocycles. The van der Waals surface area contributed by atoms with Gasteiger partial charge in [-0.2, -0.15) is 0 Å². The Labute approximate surface area is 94.0 Å². The molecule has 0 amide bonds. The Bertz CT molecular complexity index is 178. The molecule has 2 nitrogen and oxygen atoms in total. The van der Waals surface area contributed by atoms with Crippen LogP contribution in [0.1, 0.15) is 27.7 Å². The first kappa shape index (κ1) is 14.0. The van der Waals surface area contributed by atoms with E-state index in [0.717, 1.165) is 0 Å². The van der Waals surface area contributed by atoms with E-state index < -0.39 is 0 Å². The summed E-state index contributed by atoms with van der Waals surface area (Å²) >= 11 is 0. The summed E-state index contributed by atoms with van der Waals surface area (Å²) in [4.78, 5) is 22.4. The second-order valence-electron chi connectivity index (χ2n) is 3.77. The normalized spacial score (nSPS) is 11.0. The zero-order chi connectivity index (χ0) is 11.1. The molecule has 0 N–H and O–H groups in total. The first-order valence-corrected chi connectivity index (χ1v) is 7.23. The van der Waals surface area contributed by atoms with E-state index in [2.05, 4.69) is 0 Å². The van der Waals surface area contributed by atoms with Gasteiger partial charge in [0.05, 0.1) is 11.5 Å². The van der Waals surface area contributed by atoms with E-state index in [9.17, 15) is 9.59 Å². The fourth-order valence-electron chi connectivity index (χ4n) is 0.533. The predicted octanol–water partition coefficient (Wildman–Crippen LogP) is 2.82. The number of Topliss-reactive ketones (excluding diaryl/α,β-unsaturated/α-hetero) is 2. The van der Waals surface area contributed by atoms with Crippen molar-refractivity contribution >= 4 is 33.2 Å². The minimum Gasteiger partial charge on any atom is -0.298 e. The van der Waals surface area contributed by atoms with Crippen molar-refractivity contribution < 1.29 is 9.59 Å². The monoisotopic (exact) mass is 234 g/mol. The first-order valence-electron chi connectivity index (χ1n) is 4.75. The smallest absolute Gasteiger partial charge is 0.146 e. The van der Waals surface area contributed by atoms with Crippen molar-refractivity contribution in [3.05, 3.63) is 0 Å². The summed E-state index contributed by atoms with van der Waals surface area (Å²) in [5.74, 6) is 1.72. The van der Waals surface area contributed by atoms with Crippen LogP contribution in [0, 0.1) is 11.8 Å². The summed E-state index contributed by atoms with van der Waals surface area (Å²) in [7, 11) is 2.96. The molecule has 0 bridgehead atoms. The lowest BCUT2D eigenvalue weighted by Gasteiger charge is -2.04. The Kier molecular flexibility index (Phi) is 7.37. The standard InChI is InChI=1S/C10H18O2S2/c1-7(2)9(11)5-13-14-6-10(12)8(3)4/h7-8H,5-6H2,1-4H3. The van der Waals surface area contributed by atoms with Gasteiger partial charge in [0.15, 0.2) is 0 Å². The molecule has 4 heteroatoms. The molecule has 0 fully saturated rings. The average molecular weight is 234 g/mol. The van der Waals surface area contributed by atoms with Crippen LogP contribution >= 0.6 is 21.6 Å². The zero-order valence-electron chi connectivity index (χ0n) is 9.20. The Hall–Kier alpha value is 0.0400. The van der Waals surface area contributed by atoms with E-state index in [4.69, 9.17) is 0 Å². The third kappa shape index (κ3) is 6.49. The number of hydrogen-bond acceptors (Lipinski definition) is 4. The highest BCUT2D eigenvalue weighted by molar-refractivity contribution is 8.77. The van der Waals surface area contributed by atoms with Crippen LogP contribution in [0.3, 0.4) is 0 Å². The Balaban J connectivity index is 3.48. The molecule has 0 heterocycles. The van der Waals surface area contributed by atoms with Crippen molar-refractivity contribution in [2.45, 2.75) is 27.7 Å². The molecule has 0 aliphatic carbocycles. The molecule has 0 aliphatic rings. The summed E-state index contributed by atoms with van der Waals surface area (Å²) < 4.78 is 0. The van der Waals surface area contributed by atoms with Crippen molar-refractivity contribution in [2.75, 3.05) is 11.5 Å². The quantitative estimate of drug-likeness (QED) is 0.501. The van der Waals surface area contributed by atoms with Crippen LogP contribution < -0.4 is 0 Å². The maximum atomic E-state index is 11.2. The summed E-state index contributed by atoms with van der Waals surface area (Å²) in [5, 5.41) is 0. The highest BCUT2D eigenvalue weighted by atomic mass is 33.1.